The van der Waals surface area contributed by atoms with Gasteiger partial charge in [-0.25, -0.2) is 0 Å². The summed E-state index contributed by atoms with van der Waals surface area (Å²) in [4.78, 5) is 0. The normalized spacial score (nSPS) is 29.1. The van der Waals surface area contributed by atoms with Crippen LogP contribution in [-0.4, -0.2) is 19.4 Å². The highest BCUT2D eigenvalue weighted by molar-refractivity contribution is 5.01. The summed E-state index contributed by atoms with van der Waals surface area (Å²) >= 11 is 0. The van der Waals surface area contributed by atoms with Crippen LogP contribution in [0.4, 0.5) is 0 Å². The van der Waals surface area contributed by atoms with Gasteiger partial charge in [0.15, 0.2) is 12.0 Å². The monoisotopic (exact) mass is 155 g/mol. The lowest BCUT2D eigenvalue weighted by Crippen LogP contribution is -2.26. The van der Waals surface area contributed by atoms with Crippen LogP contribution in [0.5, 0.6) is 0 Å². The molecule has 0 aromatic rings. The van der Waals surface area contributed by atoms with Crippen LogP contribution in [0.15, 0.2) is 24.5 Å². The molecule has 1 N–H and O–H groups in total. The molecule has 0 radical (unpaired) electrons. The zero-order chi connectivity index (χ0) is 7.52. The minimum atomic E-state index is -0.139. The molecule has 0 aliphatic carbocycles. The van der Waals surface area contributed by atoms with Crippen molar-refractivity contribution in [2.45, 2.75) is 6.23 Å². The van der Waals surface area contributed by atoms with Crippen molar-refractivity contribution >= 4 is 0 Å². The van der Waals surface area contributed by atoms with Crippen LogP contribution in [0.2, 0.25) is 0 Å². The summed E-state index contributed by atoms with van der Waals surface area (Å²) < 4.78 is 15.3. The Morgan fingerprint density at radius 1 is 1.45 bits per heavy atom. The highest BCUT2D eigenvalue weighted by atomic mass is 16.6. The van der Waals surface area contributed by atoms with Gasteiger partial charge in [0.25, 0.3) is 0 Å². The topological polar surface area (TPSA) is 39.7 Å². The third kappa shape index (κ3) is 1.36. The van der Waals surface area contributed by atoms with Crippen molar-refractivity contribution in [1.82, 2.24) is 5.32 Å². The van der Waals surface area contributed by atoms with E-state index < -0.39 is 0 Å². The van der Waals surface area contributed by atoms with Gasteiger partial charge >= 0.3 is 0 Å². The molecule has 11 heavy (non-hydrogen) atoms. The fourth-order valence-electron chi connectivity index (χ4n) is 1.00. The van der Waals surface area contributed by atoms with E-state index in [0.717, 1.165) is 13.2 Å². The predicted octanol–water partition coefficient (Wildman–Crippen LogP) is 0.292. The van der Waals surface area contributed by atoms with Crippen molar-refractivity contribution < 1.29 is 14.2 Å². The van der Waals surface area contributed by atoms with Crippen LogP contribution < -0.4 is 5.32 Å². The van der Waals surface area contributed by atoms with Crippen LogP contribution in [0.3, 0.4) is 0 Å². The molecule has 1 saturated heterocycles. The summed E-state index contributed by atoms with van der Waals surface area (Å²) in [6.45, 7) is 1.57. The second kappa shape index (κ2) is 2.94. The second-order valence-corrected chi connectivity index (χ2v) is 2.25. The SMILES string of the molecule is C1=COC(C2NCCO2)=CO1. The molecule has 2 rings (SSSR count). The molecular formula is C7H9NO3. The molecule has 2 aliphatic heterocycles. The molecule has 60 valence electrons. The molecular weight excluding hydrogens is 146 g/mol. The van der Waals surface area contributed by atoms with Crippen molar-refractivity contribution in [3.8, 4) is 0 Å². The highest BCUT2D eigenvalue weighted by Gasteiger charge is 2.21. The Morgan fingerprint density at radius 3 is 3.09 bits per heavy atom. The molecule has 0 spiro atoms. The Labute approximate surface area is 64.4 Å². The minimum absolute atomic E-state index is 0.139. The summed E-state index contributed by atoms with van der Waals surface area (Å²) in [6.07, 6.45) is 4.35. The average molecular weight is 155 g/mol. The van der Waals surface area contributed by atoms with E-state index in [0.29, 0.717) is 5.76 Å². The summed E-state index contributed by atoms with van der Waals surface area (Å²) in [5.41, 5.74) is 0. The van der Waals surface area contributed by atoms with E-state index in [9.17, 15) is 0 Å². The zero-order valence-corrected chi connectivity index (χ0v) is 5.95. The minimum Gasteiger partial charge on any atom is -0.466 e. The predicted molar refractivity (Wildman–Crippen MR) is 37.1 cm³/mol. The fraction of sp³-hybridized carbons (Fsp3) is 0.429. The average Bonchev–Trinajstić information content (AvgIpc) is 2.58. The maximum atomic E-state index is 5.27. The van der Waals surface area contributed by atoms with E-state index in [4.69, 9.17) is 14.2 Å². The molecule has 0 aromatic carbocycles. The molecule has 0 amide bonds. The largest absolute Gasteiger partial charge is 0.466 e. The molecule has 1 fully saturated rings. The number of hydrogen-bond donors (Lipinski definition) is 1. The first-order chi connectivity index (χ1) is 5.47. The van der Waals surface area contributed by atoms with Crippen LogP contribution in [0.25, 0.3) is 0 Å². The zero-order valence-electron chi connectivity index (χ0n) is 5.95. The molecule has 4 heteroatoms. The van der Waals surface area contributed by atoms with E-state index in [1.807, 2.05) is 0 Å². The smallest absolute Gasteiger partial charge is 0.182 e. The van der Waals surface area contributed by atoms with E-state index in [-0.39, 0.29) is 6.23 Å². The van der Waals surface area contributed by atoms with Gasteiger partial charge in [-0.05, 0) is 0 Å². The molecule has 1 atom stereocenters. The molecule has 0 saturated carbocycles. The standard InChI is InChI=1S/C7H9NO3/c1-2-11-7(8-1)6-5-9-3-4-10-6/h3-5,7-8H,1-2H2. The van der Waals surface area contributed by atoms with E-state index >= 15 is 0 Å². The Hall–Kier alpha value is -1.00. The Balaban J connectivity index is 1.97. The Morgan fingerprint density at radius 2 is 2.45 bits per heavy atom. The molecule has 2 heterocycles. The van der Waals surface area contributed by atoms with Gasteiger partial charge in [0.05, 0.1) is 6.61 Å². The lowest BCUT2D eigenvalue weighted by Gasteiger charge is -2.14. The van der Waals surface area contributed by atoms with E-state index in [1.54, 1.807) is 0 Å². The van der Waals surface area contributed by atoms with Crippen LogP contribution in [0.1, 0.15) is 0 Å². The lowest BCUT2D eigenvalue weighted by molar-refractivity contribution is 0.0759. The molecule has 0 aromatic heterocycles. The molecule has 2 aliphatic rings. The van der Waals surface area contributed by atoms with Crippen LogP contribution in [0, 0.1) is 0 Å². The van der Waals surface area contributed by atoms with Crippen LogP contribution >= 0.6 is 0 Å². The van der Waals surface area contributed by atoms with E-state index in [1.165, 1.54) is 18.8 Å². The Bertz CT molecular complexity index is 194. The third-order valence-corrected chi connectivity index (χ3v) is 1.50. The summed E-state index contributed by atoms with van der Waals surface area (Å²) in [6, 6.07) is 0. The van der Waals surface area contributed by atoms with E-state index in [2.05, 4.69) is 5.32 Å². The first kappa shape index (κ1) is 6.69. The van der Waals surface area contributed by atoms with Gasteiger partial charge in [-0.15, -0.1) is 0 Å². The first-order valence-corrected chi connectivity index (χ1v) is 3.49. The highest BCUT2D eigenvalue weighted by Crippen LogP contribution is 2.13. The van der Waals surface area contributed by atoms with Gasteiger partial charge in [0.1, 0.15) is 18.8 Å². The quantitative estimate of drug-likeness (QED) is 0.590. The van der Waals surface area contributed by atoms with Crippen molar-refractivity contribution in [3.63, 3.8) is 0 Å². The number of hydrogen-bond acceptors (Lipinski definition) is 4. The van der Waals surface area contributed by atoms with Crippen molar-refractivity contribution in [1.29, 1.82) is 0 Å². The van der Waals surface area contributed by atoms with Crippen molar-refractivity contribution in [3.05, 3.63) is 24.5 Å². The summed E-state index contributed by atoms with van der Waals surface area (Å²) in [5.74, 6) is 0.671. The molecule has 1 unspecified atom stereocenters. The van der Waals surface area contributed by atoms with Gasteiger partial charge in [0.2, 0.25) is 0 Å². The molecule has 4 nitrogen and oxygen atoms in total. The maximum absolute atomic E-state index is 5.27. The van der Waals surface area contributed by atoms with Gasteiger partial charge in [-0.2, -0.15) is 0 Å². The number of ether oxygens (including phenoxy) is 3. The summed E-state index contributed by atoms with van der Waals surface area (Å²) in [7, 11) is 0. The maximum Gasteiger partial charge on any atom is 0.182 e. The molecule has 0 bridgehead atoms. The van der Waals surface area contributed by atoms with Gasteiger partial charge < -0.3 is 14.2 Å². The van der Waals surface area contributed by atoms with Gasteiger partial charge in [0, 0.05) is 6.54 Å². The lowest BCUT2D eigenvalue weighted by atomic mass is 10.4. The second-order valence-electron chi connectivity index (χ2n) is 2.25. The fourth-order valence-corrected chi connectivity index (χ4v) is 1.00. The third-order valence-electron chi connectivity index (χ3n) is 1.50. The number of rotatable bonds is 1. The summed E-state index contributed by atoms with van der Waals surface area (Å²) in [5, 5.41) is 3.10. The van der Waals surface area contributed by atoms with Crippen molar-refractivity contribution in [2.24, 2.45) is 0 Å². The first-order valence-electron chi connectivity index (χ1n) is 3.49. The van der Waals surface area contributed by atoms with Crippen molar-refractivity contribution in [2.75, 3.05) is 13.2 Å². The van der Waals surface area contributed by atoms with Crippen LogP contribution in [-0.2, 0) is 14.2 Å². The van der Waals surface area contributed by atoms with Gasteiger partial charge in [-0.1, -0.05) is 0 Å². The Kier molecular flexibility index (Phi) is 1.79. The number of nitrogens with one attached hydrogen (secondary N) is 1. The van der Waals surface area contributed by atoms with Gasteiger partial charge in [-0.3, -0.25) is 5.32 Å².